The van der Waals surface area contributed by atoms with Gasteiger partial charge in [0.15, 0.2) is 0 Å². The average molecular weight is 234 g/mol. The lowest BCUT2D eigenvalue weighted by Gasteiger charge is -2.04. The monoisotopic (exact) mass is 234 g/mol. The molecule has 0 unspecified atom stereocenters. The molecule has 0 fully saturated rings. The predicted molar refractivity (Wildman–Crippen MR) is 68.3 cm³/mol. The molecule has 0 amide bonds. The first-order valence-corrected chi connectivity index (χ1v) is 5.59. The Morgan fingerprint density at radius 3 is 2.89 bits per heavy atom. The molecule has 18 heavy (non-hydrogen) atoms. The fourth-order valence-electron chi connectivity index (χ4n) is 1.99. The Kier molecular flexibility index (Phi) is 2.31. The van der Waals surface area contributed by atoms with Gasteiger partial charge in [0, 0.05) is 17.8 Å². The molecule has 0 spiro atoms. The number of hydrogen-bond acceptors (Lipinski definition) is 3. The van der Waals surface area contributed by atoms with Crippen molar-refractivity contribution >= 4 is 10.9 Å². The van der Waals surface area contributed by atoms with Gasteiger partial charge in [-0.25, -0.2) is 9.97 Å². The number of hydrogen-bond donors (Lipinski definition) is 0. The van der Waals surface area contributed by atoms with Gasteiger partial charge in [-0.2, -0.15) is 5.26 Å². The third-order valence-corrected chi connectivity index (χ3v) is 2.83. The van der Waals surface area contributed by atoms with E-state index in [1.807, 2.05) is 48.0 Å². The van der Waals surface area contributed by atoms with Crippen LogP contribution in [0.4, 0.5) is 0 Å². The number of fused-ring (bicyclic) bond motifs is 1. The molecule has 0 saturated carbocycles. The van der Waals surface area contributed by atoms with E-state index in [-0.39, 0.29) is 0 Å². The molecule has 0 bridgehead atoms. The number of aromatic nitrogens is 3. The number of rotatable bonds is 1. The minimum Gasteiger partial charge on any atom is -0.301 e. The van der Waals surface area contributed by atoms with Crippen LogP contribution in [-0.2, 0) is 0 Å². The molecule has 1 aromatic carbocycles. The molecule has 4 heteroatoms. The third-order valence-electron chi connectivity index (χ3n) is 2.83. The Hall–Kier alpha value is -2.67. The van der Waals surface area contributed by atoms with E-state index < -0.39 is 0 Å². The summed E-state index contributed by atoms with van der Waals surface area (Å²) in [6.07, 6.45) is 3.70. The van der Waals surface area contributed by atoms with Crippen LogP contribution >= 0.6 is 0 Å². The van der Waals surface area contributed by atoms with E-state index in [9.17, 15) is 0 Å². The average Bonchev–Trinajstić information content (AvgIpc) is 2.81. The molecule has 2 heterocycles. The maximum absolute atomic E-state index is 8.88. The number of nitrogens with zero attached hydrogens (tertiary/aromatic N) is 4. The van der Waals surface area contributed by atoms with Gasteiger partial charge in [0.1, 0.15) is 11.6 Å². The van der Waals surface area contributed by atoms with Gasteiger partial charge >= 0.3 is 0 Å². The minimum absolute atomic E-state index is 0.666. The molecule has 0 saturated heterocycles. The van der Waals surface area contributed by atoms with Crippen LogP contribution in [0.25, 0.3) is 16.7 Å². The van der Waals surface area contributed by atoms with Crippen molar-refractivity contribution in [1.82, 2.24) is 14.5 Å². The van der Waals surface area contributed by atoms with Crippen LogP contribution in [0.2, 0.25) is 0 Å². The van der Waals surface area contributed by atoms with Crippen LogP contribution in [-0.4, -0.2) is 14.5 Å². The first kappa shape index (κ1) is 10.5. The second kappa shape index (κ2) is 3.97. The quantitative estimate of drug-likeness (QED) is 0.650. The zero-order valence-corrected chi connectivity index (χ0v) is 9.83. The van der Waals surface area contributed by atoms with Gasteiger partial charge in [0.05, 0.1) is 17.1 Å². The molecule has 3 rings (SSSR count). The molecule has 86 valence electrons. The zero-order valence-electron chi connectivity index (χ0n) is 9.83. The maximum atomic E-state index is 8.88. The third kappa shape index (κ3) is 1.62. The Labute approximate surface area is 104 Å². The molecular weight excluding hydrogens is 224 g/mol. The topological polar surface area (TPSA) is 54.5 Å². The molecule has 0 radical (unpaired) electrons. The molecule has 0 aliphatic heterocycles. The highest BCUT2D eigenvalue weighted by Crippen LogP contribution is 2.20. The van der Waals surface area contributed by atoms with Crippen LogP contribution in [0.15, 0.2) is 42.7 Å². The summed E-state index contributed by atoms with van der Waals surface area (Å²) in [5, 5.41) is 9.91. The summed E-state index contributed by atoms with van der Waals surface area (Å²) in [7, 11) is 0. The van der Waals surface area contributed by atoms with Crippen molar-refractivity contribution in [1.29, 1.82) is 5.26 Å². The van der Waals surface area contributed by atoms with Crippen molar-refractivity contribution in [2.24, 2.45) is 0 Å². The minimum atomic E-state index is 0.666. The fourth-order valence-corrected chi connectivity index (χ4v) is 1.99. The normalized spacial score (nSPS) is 10.4. The van der Waals surface area contributed by atoms with E-state index in [1.165, 1.54) is 0 Å². The summed E-state index contributed by atoms with van der Waals surface area (Å²) in [5.41, 5.74) is 1.70. The predicted octanol–water partition coefficient (Wildman–Crippen LogP) is 2.60. The molecular formula is C14H10N4. The van der Waals surface area contributed by atoms with E-state index in [0.717, 1.165) is 22.5 Å². The molecule has 4 nitrogen and oxygen atoms in total. The van der Waals surface area contributed by atoms with Gasteiger partial charge in [0.25, 0.3) is 0 Å². The van der Waals surface area contributed by atoms with Crippen molar-refractivity contribution in [3.05, 3.63) is 54.1 Å². The zero-order chi connectivity index (χ0) is 12.5. The highest BCUT2D eigenvalue weighted by molar-refractivity contribution is 5.83. The Morgan fingerprint density at radius 1 is 1.22 bits per heavy atom. The van der Waals surface area contributed by atoms with Crippen LogP contribution < -0.4 is 0 Å². The number of nitriles is 1. The SMILES string of the molecule is Cc1nccc(-n2ccc3cc(C#N)ccc32)n1. The van der Waals surface area contributed by atoms with Gasteiger partial charge in [-0.05, 0) is 37.3 Å². The highest BCUT2D eigenvalue weighted by Gasteiger charge is 2.05. The maximum Gasteiger partial charge on any atom is 0.140 e. The fraction of sp³-hybridized carbons (Fsp3) is 0.0714. The lowest BCUT2D eigenvalue weighted by Crippen LogP contribution is -1.98. The van der Waals surface area contributed by atoms with Crippen LogP contribution in [0, 0.1) is 18.3 Å². The summed E-state index contributed by atoms with van der Waals surface area (Å²) >= 11 is 0. The molecule has 0 atom stereocenters. The van der Waals surface area contributed by atoms with Crippen LogP contribution in [0.1, 0.15) is 11.4 Å². The van der Waals surface area contributed by atoms with E-state index in [0.29, 0.717) is 5.56 Å². The first-order chi connectivity index (χ1) is 8.78. The van der Waals surface area contributed by atoms with Gasteiger partial charge < -0.3 is 4.57 Å². The Morgan fingerprint density at radius 2 is 2.11 bits per heavy atom. The van der Waals surface area contributed by atoms with Crippen LogP contribution in [0.3, 0.4) is 0 Å². The second-order valence-corrected chi connectivity index (χ2v) is 4.03. The second-order valence-electron chi connectivity index (χ2n) is 4.03. The summed E-state index contributed by atoms with van der Waals surface area (Å²) in [4.78, 5) is 8.48. The van der Waals surface area contributed by atoms with Crippen molar-refractivity contribution in [3.8, 4) is 11.9 Å². The lowest BCUT2D eigenvalue weighted by molar-refractivity contribution is 0.964. The van der Waals surface area contributed by atoms with Gasteiger partial charge in [-0.3, -0.25) is 0 Å². The van der Waals surface area contributed by atoms with Gasteiger partial charge in [-0.1, -0.05) is 0 Å². The summed E-state index contributed by atoms with van der Waals surface area (Å²) in [6.45, 7) is 1.86. The first-order valence-electron chi connectivity index (χ1n) is 5.59. The summed E-state index contributed by atoms with van der Waals surface area (Å²) in [6, 6.07) is 11.6. The molecule has 2 aromatic heterocycles. The van der Waals surface area contributed by atoms with E-state index in [4.69, 9.17) is 5.26 Å². The Balaban J connectivity index is 2.22. The summed E-state index contributed by atoms with van der Waals surface area (Å²) in [5.74, 6) is 1.57. The van der Waals surface area contributed by atoms with Crippen molar-refractivity contribution in [2.45, 2.75) is 6.92 Å². The molecule has 0 N–H and O–H groups in total. The smallest absolute Gasteiger partial charge is 0.140 e. The Bertz CT molecular complexity index is 765. The van der Waals surface area contributed by atoms with E-state index in [1.54, 1.807) is 6.20 Å². The van der Waals surface area contributed by atoms with Gasteiger partial charge in [-0.15, -0.1) is 0 Å². The van der Waals surface area contributed by atoms with Crippen LogP contribution in [0.5, 0.6) is 0 Å². The molecule has 0 aliphatic rings. The van der Waals surface area contributed by atoms with Gasteiger partial charge in [0.2, 0.25) is 0 Å². The van der Waals surface area contributed by atoms with Crippen molar-refractivity contribution in [2.75, 3.05) is 0 Å². The number of benzene rings is 1. The largest absolute Gasteiger partial charge is 0.301 e. The molecule has 0 aliphatic carbocycles. The van der Waals surface area contributed by atoms with E-state index >= 15 is 0 Å². The summed E-state index contributed by atoms with van der Waals surface area (Å²) < 4.78 is 1.99. The highest BCUT2D eigenvalue weighted by atomic mass is 15.1. The molecule has 3 aromatic rings. The van der Waals surface area contributed by atoms with Crippen molar-refractivity contribution < 1.29 is 0 Å². The van der Waals surface area contributed by atoms with E-state index in [2.05, 4.69) is 16.0 Å². The standard InChI is InChI=1S/C14H10N4/c1-10-16-6-4-14(17-10)18-7-5-12-8-11(9-15)2-3-13(12)18/h2-8H,1H3. The lowest BCUT2D eigenvalue weighted by atomic mass is 10.2. The number of aryl methyl sites for hydroxylation is 1. The van der Waals surface area contributed by atoms with Crippen molar-refractivity contribution in [3.63, 3.8) is 0 Å².